The zero-order chi connectivity index (χ0) is 19.4. The standard InChI is InChI=1S/C10H17N7O7S2/c1-14(2)13-25(19,20)16-4-6-8-5-15(7(3-11)9(6)12-16)10(18)17(8)24-26(21,22)23/h4,7-8,13H,3,5,11H2,1-2H3,(H,21,22,23). The highest BCUT2D eigenvalue weighted by Gasteiger charge is 2.51. The molecule has 16 heteroatoms. The van der Waals surface area contributed by atoms with E-state index in [1.807, 2.05) is 0 Å². The van der Waals surface area contributed by atoms with Gasteiger partial charge in [-0.15, -0.1) is 9.11 Å². The maximum absolute atomic E-state index is 12.4. The van der Waals surface area contributed by atoms with Crippen molar-refractivity contribution in [3.63, 3.8) is 0 Å². The highest BCUT2D eigenvalue weighted by atomic mass is 32.3. The molecule has 3 heterocycles. The fourth-order valence-electron chi connectivity index (χ4n) is 2.94. The zero-order valence-electron chi connectivity index (χ0n) is 13.7. The molecule has 0 aromatic carbocycles. The van der Waals surface area contributed by atoms with Crippen LogP contribution < -0.4 is 10.6 Å². The van der Waals surface area contributed by atoms with E-state index < -0.39 is 38.7 Å². The van der Waals surface area contributed by atoms with E-state index in [2.05, 4.69) is 14.2 Å². The van der Waals surface area contributed by atoms with Gasteiger partial charge < -0.3 is 10.6 Å². The van der Waals surface area contributed by atoms with Gasteiger partial charge in [-0.25, -0.2) is 9.80 Å². The summed E-state index contributed by atoms with van der Waals surface area (Å²) in [5.41, 5.74) is 6.14. The molecular weight excluding hydrogens is 394 g/mol. The molecule has 0 aliphatic carbocycles. The number of rotatable bonds is 6. The SMILES string of the molecule is CN(C)NS(=O)(=O)n1cc2c(n1)C(CN)N1CC2N(OS(=O)(=O)O)C1=O. The summed E-state index contributed by atoms with van der Waals surface area (Å²) in [6, 6.07) is -2.59. The van der Waals surface area contributed by atoms with E-state index in [9.17, 15) is 21.6 Å². The number of hydrazine groups is 1. The Hall–Kier alpha value is -1.82. The number of nitrogens with one attached hydrogen (secondary N) is 1. The lowest BCUT2D eigenvalue weighted by atomic mass is 9.98. The van der Waals surface area contributed by atoms with Crippen LogP contribution in [0.3, 0.4) is 0 Å². The van der Waals surface area contributed by atoms with Gasteiger partial charge in [0.05, 0.1) is 18.3 Å². The molecular formula is C10H17N7O7S2. The normalized spacial score (nSPS) is 23.0. The second kappa shape index (κ2) is 6.12. The van der Waals surface area contributed by atoms with Gasteiger partial charge in [0.25, 0.3) is 0 Å². The fourth-order valence-corrected chi connectivity index (χ4v) is 4.31. The Bertz CT molecular complexity index is 941. The first-order valence-electron chi connectivity index (χ1n) is 7.21. The number of carbonyl (C=O) groups is 1. The molecule has 14 nitrogen and oxygen atoms in total. The van der Waals surface area contributed by atoms with E-state index in [1.54, 1.807) is 0 Å². The molecule has 1 aromatic heterocycles. The van der Waals surface area contributed by atoms with E-state index in [1.165, 1.54) is 24.0 Å². The number of amides is 2. The first-order chi connectivity index (χ1) is 11.9. The van der Waals surface area contributed by atoms with Crippen LogP contribution >= 0.6 is 0 Å². The minimum atomic E-state index is -4.96. The van der Waals surface area contributed by atoms with Crippen LogP contribution in [0.1, 0.15) is 23.3 Å². The first kappa shape index (κ1) is 19.0. The highest BCUT2D eigenvalue weighted by Crippen LogP contribution is 2.43. The van der Waals surface area contributed by atoms with Gasteiger partial charge in [0.2, 0.25) is 0 Å². The third-order valence-corrected chi connectivity index (χ3v) is 5.46. The Morgan fingerprint density at radius 2 is 2.08 bits per heavy atom. The number of nitrogens with two attached hydrogens (primary N) is 1. The lowest BCUT2D eigenvalue weighted by Crippen LogP contribution is -2.40. The maximum Gasteiger partial charge on any atom is 0.418 e. The fraction of sp³-hybridized carbons (Fsp3) is 0.600. The van der Waals surface area contributed by atoms with Crippen molar-refractivity contribution in [2.75, 3.05) is 27.2 Å². The van der Waals surface area contributed by atoms with Gasteiger partial charge in [-0.05, 0) is 0 Å². The number of aromatic nitrogens is 2. The molecule has 0 spiro atoms. The van der Waals surface area contributed by atoms with Gasteiger partial charge in [0.15, 0.2) is 0 Å². The van der Waals surface area contributed by atoms with Crippen LogP contribution in [0.25, 0.3) is 0 Å². The number of urea groups is 1. The molecule has 2 amide bonds. The molecule has 146 valence electrons. The molecule has 2 aliphatic heterocycles. The van der Waals surface area contributed by atoms with Crippen molar-refractivity contribution in [1.82, 2.24) is 29.0 Å². The smallest absolute Gasteiger partial charge is 0.328 e. The van der Waals surface area contributed by atoms with Crippen LogP contribution in [0.4, 0.5) is 4.79 Å². The van der Waals surface area contributed by atoms with Gasteiger partial charge >= 0.3 is 26.6 Å². The van der Waals surface area contributed by atoms with Gasteiger partial charge in [0.1, 0.15) is 6.04 Å². The number of fused-ring (bicyclic) bond motifs is 4. The molecule has 2 atom stereocenters. The van der Waals surface area contributed by atoms with Gasteiger partial charge in [-0.1, -0.05) is 0 Å². The molecule has 2 aliphatic rings. The Balaban J connectivity index is 2.07. The van der Waals surface area contributed by atoms with Crippen molar-refractivity contribution in [2.45, 2.75) is 12.1 Å². The minimum Gasteiger partial charge on any atom is -0.328 e. The number of carbonyl (C=O) groups excluding carboxylic acids is 1. The average Bonchev–Trinajstić information content (AvgIpc) is 3.03. The van der Waals surface area contributed by atoms with Crippen molar-refractivity contribution < 1.29 is 30.5 Å². The van der Waals surface area contributed by atoms with Crippen LogP contribution in [-0.4, -0.2) is 78.8 Å². The molecule has 1 fully saturated rings. The monoisotopic (exact) mass is 411 g/mol. The van der Waals surface area contributed by atoms with Gasteiger partial charge in [0, 0.05) is 32.4 Å². The van der Waals surface area contributed by atoms with Crippen molar-refractivity contribution in [3.8, 4) is 0 Å². The summed E-state index contributed by atoms with van der Waals surface area (Å²) in [5.74, 6) is 0. The minimum absolute atomic E-state index is 0.00390. The van der Waals surface area contributed by atoms with Gasteiger partial charge in [-0.2, -0.15) is 31.1 Å². The summed E-state index contributed by atoms with van der Waals surface area (Å²) in [7, 11) is -6.08. The maximum atomic E-state index is 12.4. The second-order valence-corrected chi connectivity index (χ2v) is 8.37. The summed E-state index contributed by atoms with van der Waals surface area (Å²) in [5, 5.41) is 5.66. The van der Waals surface area contributed by atoms with E-state index in [4.69, 9.17) is 10.3 Å². The lowest BCUT2D eigenvalue weighted by molar-refractivity contribution is -0.0317. The Morgan fingerprint density at radius 3 is 2.62 bits per heavy atom. The first-order valence-corrected chi connectivity index (χ1v) is 10.0. The average molecular weight is 411 g/mol. The summed E-state index contributed by atoms with van der Waals surface area (Å²) in [6.45, 7) is -0.0839. The van der Waals surface area contributed by atoms with Crippen LogP contribution in [0.2, 0.25) is 0 Å². The number of hydrogen-bond acceptors (Lipinski definition) is 9. The Labute approximate surface area is 149 Å². The van der Waals surface area contributed by atoms with E-state index in [0.29, 0.717) is 9.15 Å². The molecule has 4 N–H and O–H groups in total. The van der Waals surface area contributed by atoms with Crippen LogP contribution in [0.15, 0.2) is 6.20 Å². The molecule has 2 unspecified atom stereocenters. The summed E-state index contributed by atoms with van der Waals surface area (Å²) < 4.78 is 60.6. The summed E-state index contributed by atoms with van der Waals surface area (Å²) >= 11 is 0. The third kappa shape index (κ3) is 3.15. The van der Waals surface area contributed by atoms with Crippen LogP contribution in [-0.2, 0) is 24.9 Å². The lowest BCUT2D eigenvalue weighted by Gasteiger charge is -2.28. The molecule has 0 radical (unpaired) electrons. The van der Waals surface area contributed by atoms with Crippen molar-refractivity contribution in [1.29, 1.82) is 0 Å². The van der Waals surface area contributed by atoms with E-state index in [-0.39, 0.29) is 24.3 Å². The van der Waals surface area contributed by atoms with Crippen LogP contribution in [0.5, 0.6) is 0 Å². The molecule has 2 bridgehead atoms. The van der Waals surface area contributed by atoms with Crippen molar-refractivity contribution in [3.05, 3.63) is 17.5 Å². The molecule has 1 saturated heterocycles. The number of hydroxylamine groups is 2. The van der Waals surface area contributed by atoms with Crippen molar-refractivity contribution >= 4 is 26.6 Å². The Morgan fingerprint density at radius 1 is 1.42 bits per heavy atom. The largest absolute Gasteiger partial charge is 0.418 e. The van der Waals surface area contributed by atoms with E-state index >= 15 is 0 Å². The predicted molar refractivity (Wildman–Crippen MR) is 84.5 cm³/mol. The number of nitrogens with zero attached hydrogens (tertiary/aromatic N) is 5. The topological polar surface area (TPSA) is 180 Å². The third-order valence-electron chi connectivity index (χ3n) is 3.83. The van der Waals surface area contributed by atoms with Crippen LogP contribution in [0, 0.1) is 0 Å². The number of hydrogen-bond donors (Lipinski definition) is 3. The molecule has 0 saturated carbocycles. The predicted octanol–water partition coefficient (Wildman–Crippen LogP) is -2.43. The highest BCUT2D eigenvalue weighted by molar-refractivity contribution is 7.87. The zero-order valence-corrected chi connectivity index (χ0v) is 15.3. The molecule has 3 rings (SSSR count). The quantitative estimate of drug-likeness (QED) is 0.336. The van der Waals surface area contributed by atoms with Gasteiger partial charge in [-0.3, -0.25) is 4.55 Å². The Kier molecular flexibility index (Phi) is 4.46. The summed E-state index contributed by atoms with van der Waals surface area (Å²) in [4.78, 5) is 15.7. The second-order valence-electron chi connectivity index (χ2n) is 5.86. The molecule has 1 aromatic rings. The summed E-state index contributed by atoms with van der Waals surface area (Å²) in [6.07, 6.45) is 1.14. The molecule has 26 heavy (non-hydrogen) atoms. The van der Waals surface area contributed by atoms with Crippen molar-refractivity contribution in [2.24, 2.45) is 5.73 Å². The van der Waals surface area contributed by atoms with E-state index in [0.717, 1.165) is 6.20 Å².